The van der Waals surface area contributed by atoms with Crippen LogP contribution < -0.4 is 0 Å². The van der Waals surface area contributed by atoms with Gasteiger partial charge in [0, 0.05) is 0 Å². The van der Waals surface area contributed by atoms with Crippen molar-refractivity contribution in [3.63, 3.8) is 0 Å². The zero-order valence-electron chi connectivity index (χ0n) is 11.1. The van der Waals surface area contributed by atoms with Gasteiger partial charge in [0.2, 0.25) is 0 Å². The van der Waals surface area contributed by atoms with Crippen molar-refractivity contribution < 1.29 is 29.1 Å². The van der Waals surface area contributed by atoms with E-state index in [1.54, 1.807) is 18.2 Å². The molecule has 0 aliphatic heterocycles. The molecule has 0 saturated carbocycles. The van der Waals surface area contributed by atoms with E-state index in [1.165, 1.54) is 0 Å². The van der Waals surface area contributed by atoms with Gasteiger partial charge in [-0.1, -0.05) is 13.0 Å². The summed E-state index contributed by atoms with van der Waals surface area (Å²) in [6, 6.07) is 5.02. The van der Waals surface area contributed by atoms with Gasteiger partial charge in [0.1, 0.15) is 0 Å². The minimum absolute atomic E-state index is 0.202. The Bertz CT molecular complexity index is 454. The highest BCUT2D eigenvalue weighted by atomic mass is 17.5. The Hall–Kier alpha value is -2.08. The lowest BCUT2D eigenvalue weighted by Gasteiger charge is -2.04. The molecule has 0 aliphatic carbocycles. The summed E-state index contributed by atoms with van der Waals surface area (Å²) in [6.45, 7) is 5.82. The van der Waals surface area contributed by atoms with Gasteiger partial charge < -0.3 is 4.74 Å². The number of aryl methyl sites for hydroxylation is 2. The summed E-state index contributed by atoms with van der Waals surface area (Å²) in [7, 11) is 0. The van der Waals surface area contributed by atoms with E-state index in [0.29, 0.717) is 12.0 Å². The van der Waals surface area contributed by atoms with Crippen LogP contribution in [0.4, 0.5) is 4.79 Å². The molecule has 6 nitrogen and oxygen atoms in total. The van der Waals surface area contributed by atoms with E-state index in [-0.39, 0.29) is 6.61 Å². The standard InChI is InChI=1S/C13H16O6/c1-4-7-16-13(15)18-19-17-12(14)11-6-5-9(2)10(3)8-11/h5-6,8H,4,7H2,1-3H3. The van der Waals surface area contributed by atoms with Crippen molar-refractivity contribution in [2.75, 3.05) is 6.61 Å². The van der Waals surface area contributed by atoms with E-state index in [1.807, 2.05) is 20.8 Å². The van der Waals surface area contributed by atoms with E-state index in [0.717, 1.165) is 11.1 Å². The molecule has 104 valence electrons. The van der Waals surface area contributed by atoms with Crippen LogP contribution in [0.1, 0.15) is 34.8 Å². The topological polar surface area (TPSA) is 71.1 Å². The minimum Gasteiger partial charge on any atom is -0.432 e. The normalized spacial score (nSPS) is 9.84. The van der Waals surface area contributed by atoms with Gasteiger partial charge in [0.15, 0.2) is 0 Å². The molecule has 6 heteroatoms. The molecule has 0 saturated heterocycles. The second-order valence-electron chi connectivity index (χ2n) is 3.92. The van der Waals surface area contributed by atoms with Crippen LogP contribution in [-0.2, 0) is 19.6 Å². The van der Waals surface area contributed by atoms with Gasteiger partial charge in [-0.2, -0.15) is 0 Å². The molecule has 1 aromatic rings. The lowest BCUT2D eigenvalue weighted by atomic mass is 10.1. The van der Waals surface area contributed by atoms with E-state index >= 15 is 0 Å². The van der Waals surface area contributed by atoms with Crippen molar-refractivity contribution >= 4 is 12.1 Å². The van der Waals surface area contributed by atoms with Crippen LogP contribution >= 0.6 is 0 Å². The molecule has 19 heavy (non-hydrogen) atoms. The van der Waals surface area contributed by atoms with Gasteiger partial charge in [-0.05, 0) is 43.5 Å². The predicted molar refractivity (Wildman–Crippen MR) is 65.1 cm³/mol. The number of ether oxygens (including phenoxy) is 1. The van der Waals surface area contributed by atoms with Gasteiger partial charge in [-0.3, -0.25) is 4.89 Å². The fraction of sp³-hybridized carbons (Fsp3) is 0.385. The highest BCUT2D eigenvalue weighted by molar-refractivity contribution is 5.89. The monoisotopic (exact) mass is 268 g/mol. The first-order chi connectivity index (χ1) is 9.04. The third-order valence-corrected chi connectivity index (χ3v) is 2.38. The quantitative estimate of drug-likeness (QED) is 0.464. The number of hydrogen-bond acceptors (Lipinski definition) is 6. The molecule has 0 bridgehead atoms. The first-order valence-corrected chi connectivity index (χ1v) is 5.84. The van der Waals surface area contributed by atoms with E-state index in [2.05, 4.69) is 19.6 Å². The van der Waals surface area contributed by atoms with E-state index in [4.69, 9.17) is 0 Å². The lowest BCUT2D eigenvalue weighted by molar-refractivity contribution is -0.452. The summed E-state index contributed by atoms with van der Waals surface area (Å²) in [5.41, 5.74) is 2.29. The molecular weight excluding hydrogens is 252 g/mol. The maximum atomic E-state index is 11.5. The molecule has 1 rings (SSSR count). The third kappa shape index (κ3) is 4.97. The van der Waals surface area contributed by atoms with Gasteiger partial charge >= 0.3 is 12.1 Å². The molecule has 1 aromatic carbocycles. The number of hydrogen-bond donors (Lipinski definition) is 0. The van der Waals surface area contributed by atoms with E-state index in [9.17, 15) is 9.59 Å². The van der Waals surface area contributed by atoms with Crippen LogP contribution in [0, 0.1) is 13.8 Å². The fourth-order valence-corrected chi connectivity index (χ4v) is 1.20. The first kappa shape index (κ1) is 15.0. The zero-order valence-corrected chi connectivity index (χ0v) is 11.1. The summed E-state index contributed by atoms with van der Waals surface area (Å²) in [5, 5.41) is 4.05. The minimum atomic E-state index is -1.06. The van der Waals surface area contributed by atoms with Gasteiger partial charge in [0.25, 0.3) is 0 Å². The second kappa shape index (κ2) is 7.38. The van der Waals surface area contributed by atoms with Crippen molar-refractivity contribution in [1.29, 1.82) is 0 Å². The second-order valence-corrected chi connectivity index (χ2v) is 3.92. The molecule has 0 N–H and O–H groups in total. The van der Waals surface area contributed by atoms with Crippen LogP contribution in [0.25, 0.3) is 0 Å². The molecule has 0 atom stereocenters. The Morgan fingerprint density at radius 3 is 2.47 bits per heavy atom. The maximum Gasteiger partial charge on any atom is 0.543 e. The summed E-state index contributed by atoms with van der Waals surface area (Å²) < 4.78 is 4.54. The first-order valence-electron chi connectivity index (χ1n) is 5.84. The molecule has 0 radical (unpaired) electrons. The van der Waals surface area contributed by atoms with Crippen molar-refractivity contribution in [3.05, 3.63) is 34.9 Å². The van der Waals surface area contributed by atoms with Crippen LogP contribution in [-0.4, -0.2) is 18.7 Å². The molecule has 0 amide bonds. The van der Waals surface area contributed by atoms with Crippen LogP contribution in [0.3, 0.4) is 0 Å². The molecular formula is C13H16O6. The molecule has 0 aliphatic rings. The third-order valence-electron chi connectivity index (χ3n) is 2.38. The molecule has 0 spiro atoms. The van der Waals surface area contributed by atoms with Gasteiger partial charge in [-0.25, -0.2) is 14.5 Å². The highest BCUT2D eigenvalue weighted by Gasteiger charge is 2.12. The van der Waals surface area contributed by atoms with Crippen molar-refractivity contribution in [2.24, 2.45) is 0 Å². The number of carbonyl (C=O) groups is 2. The summed E-state index contributed by atoms with van der Waals surface area (Å²) in [5.74, 6) is -0.758. The van der Waals surface area contributed by atoms with Crippen LogP contribution in [0.5, 0.6) is 0 Å². The summed E-state index contributed by atoms with van der Waals surface area (Å²) >= 11 is 0. The Balaban J connectivity index is 2.39. The Morgan fingerprint density at radius 2 is 1.84 bits per heavy atom. The van der Waals surface area contributed by atoms with Crippen molar-refractivity contribution in [1.82, 2.24) is 0 Å². The number of carbonyl (C=O) groups excluding carboxylic acids is 2. The van der Waals surface area contributed by atoms with Gasteiger partial charge in [-0.15, -0.1) is 0 Å². The van der Waals surface area contributed by atoms with E-state index < -0.39 is 12.1 Å². The summed E-state index contributed by atoms with van der Waals surface area (Å²) in [4.78, 5) is 30.8. The van der Waals surface area contributed by atoms with Crippen LogP contribution in [0.2, 0.25) is 0 Å². The Kier molecular flexibility index (Phi) is 5.81. The molecule has 0 unspecified atom stereocenters. The number of rotatable bonds is 5. The smallest absolute Gasteiger partial charge is 0.432 e. The van der Waals surface area contributed by atoms with Crippen molar-refractivity contribution in [3.8, 4) is 0 Å². The molecule has 0 fully saturated rings. The lowest BCUT2D eigenvalue weighted by Crippen LogP contribution is -2.12. The average molecular weight is 268 g/mol. The molecule has 0 aromatic heterocycles. The maximum absolute atomic E-state index is 11.5. The predicted octanol–water partition coefficient (Wildman–Crippen LogP) is 2.87. The Morgan fingerprint density at radius 1 is 1.11 bits per heavy atom. The Labute approximate surface area is 111 Å². The van der Waals surface area contributed by atoms with Crippen LogP contribution in [0.15, 0.2) is 18.2 Å². The van der Waals surface area contributed by atoms with Gasteiger partial charge in [0.05, 0.1) is 17.2 Å². The van der Waals surface area contributed by atoms with Crippen molar-refractivity contribution in [2.45, 2.75) is 27.2 Å². The number of benzene rings is 1. The summed E-state index contributed by atoms with van der Waals surface area (Å²) in [6.07, 6.45) is -0.410. The zero-order chi connectivity index (χ0) is 14.3. The molecule has 0 heterocycles. The highest BCUT2D eigenvalue weighted by Crippen LogP contribution is 2.11. The largest absolute Gasteiger partial charge is 0.543 e. The average Bonchev–Trinajstić information content (AvgIpc) is 2.39. The SMILES string of the molecule is CCCOC(=O)OOOC(=O)c1ccc(C)c(C)c1. The fourth-order valence-electron chi connectivity index (χ4n) is 1.20.